The Kier molecular flexibility index (Phi) is 8.13. The molecule has 2 fully saturated rings. The van der Waals surface area contributed by atoms with Crippen LogP contribution in [0, 0.1) is 5.92 Å². The largest absolute Gasteiger partial charge is 0.465 e. The summed E-state index contributed by atoms with van der Waals surface area (Å²) in [5, 5.41) is 17.3. The predicted octanol–water partition coefficient (Wildman–Crippen LogP) is 4.43. The van der Waals surface area contributed by atoms with Gasteiger partial charge in [0.25, 0.3) is 5.91 Å². The van der Waals surface area contributed by atoms with Crippen molar-refractivity contribution in [2.24, 2.45) is 5.92 Å². The summed E-state index contributed by atoms with van der Waals surface area (Å²) < 4.78 is 11.3. The molecule has 4 amide bonds. The van der Waals surface area contributed by atoms with Crippen molar-refractivity contribution in [2.45, 2.75) is 43.7 Å². The highest BCUT2D eigenvalue weighted by Gasteiger charge is 2.47. The van der Waals surface area contributed by atoms with Crippen molar-refractivity contribution in [1.29, 1.82) is 0 Å². The molecule has 1 spiro atoms. The molecule has 3 heterocycles. The number of hydrogen-bond donors (Lipinski definition) is 4. The molecule has 0 saturated carbocycles. The number of hydrogen-bond acceptors (Lipinski definition) is 6. The number of rotatable bonds is 6. The van der Waals surface area contributed by atoms with Crippen molar-refractivity contribution in [3.63, 3.8) is 0 Å². The molecule has 3 aliphatic rings. The first-order valence-corrected chi connectivity index (χ1v) is 13.7. The standard InChI is InChI=1S/C28H31ClN4O7/c29-19-4-7-22-21(15-19)28(40-27(38)32-22)10-1-11-33(16-28)25(35)23(14-17-8-12-39-13-9-17)31-24(34)18-2-5-20(6-3-18)30-26(36)37/h2-7,15,17,23,30H,1,8-14,16H2,(H,31,34)(H,32,38)(H,36,37)/t23-,28-/m0/s1. The van der Waals surface area contributed by atoms with Crippen molar-refractivity contribution < 1.29 is 33.8 Å². The van der Waals surface area contributed by atoms with E-state index in [9.17, 15) is 19.2 Å². The van der Waals surface area contributed by atoms with E-state index in [0.29, 0.717) is 61.0 Å². The van der Waals surface area contributed by atoms with Gasteiger partial charge < -0.3 is 24.8 Å². The van der Waals surface area contributed by atoms with Gasteiger partial charge in [-0.2, -0.15) is 0 Å². The fourth-order valence-corrected chi connectivity index (χ4v) is 5.88. The number of carbonyl (C=O) groups excluding carboxylic acids is 3. The van der Waals surface area contributed by atoms with Crippen molar-refractivity contribution >= 4 is 47.0 Å². The Labute approximate surface area is 236 Å². The third-order valence-electron chi connectivity index (χ3n) is 7.68. The Morgan fingerprint density at radius 2 is 1.90 bits per heavy atom. The quantitative estimate of drug-likeness (QED) is 0.402. The van der Waals surface area contributed by atoms with Crippen molar-refractivity contribution in [2.75, 3.05) is 36.9 Å². The lowest BCUT2D eigenvalue weighted by Crippen LogP contribution is -2.57. The molecular weight excluding hydrogens is 540 g/mol. The second-order valence-electron chi connectivity index (χ2n) is 10.4. The van der Waals surface area contributed by atoms with Crippen LogP contribution in [0.1, 0.15) is 48.0 Å². The highest BCUT2D eigenvalue weighted by Crippen LogP contribution is 2.43. The van der Waals surface area contributed by atoms with Crippen molar-refractivity contribution in [1.82, 2.24) is 10.2 Å². The number of nitrogens with zero attached hydrogens (tertiary/aromatic N) is 1. The van der Waals surface area contributed by atoms with Gasteiger partial charge in [-0.05, 0) is 80.5 Å². The SMILES string of the molecule is O=C(O)Nc1ccc(C(=O)N[C@@H](CC2CCOCC2)C(=O)N2CCC[C@@]3(C2)OC(=O)Nc2ccc(Cl)cc23)cc1. The average molecular weight is 571 g/mol. The molecule has 0 aromatic heterocycles. The first-order chi connectivity index (χ1) is 19.2. The molecule has 12 heteroatoms. The molecule has 11 nitrogen and oxygen atoms in total. The summed E-state index contributed by atoms with van der Waals surface area (Å²) >= 11 is 6.28. The van der Waals surface area contributed by atoms with E-state index in [1.165, 1.54) is 24.3 Å². The van der Waals surface area contributed by atoms with Crippen LogP contribution in [-0.4, -0.2) is 66.4 Å². The molecule has 0 bridgehead atoms. The minimum absolute atomic E-state index is 0.141. The zero-order valence-electron chi connectivity index (χ0n) is 21.8. The molecule has 2 atom stereocenters. The summed E-state index contributed by atoms with van der Waals surface area (Å²) in [6.45, 7) is 1.80. The van der Waals surface area contributed by atoms with Crippen molar-refractivity contribution in [3.8, 4) is 0 Å². The van der Waals surface area contributed by atoms with E-state index < -0.39 is 29.7 Å². The Morgan fingerprint density at radius 3 is 2.62 bits per heavy atom. The Balaban J connectivity index is 1.37. The van der Waals surface area contributed by atoms with Gasteiger partial charge in [0.15, 0.2) is 5.60 Å². The van der Waals surface area contributed by atoms with Crippen LogP contribution in [0.15, 0.2) is 42.5 Å². The fourth-order valence-electron chi connectivity index (χ4n) is 5.71. The van der Waals surface area contributed by atoms with E-state index in [0.717, 1.165) is 18.4 Å². The third kappa shape index (κ3) is 6.15. The second kappa shape index (κ2) is 11.7. The lowest BCUT2D eigenvalue weighted by molar-refractivity contribution is -0.141. The molecule has 0 aliphatic carbocycles. The van der Waals surface area contributed by atoms with Gasteiger partial charge in [-0.15, -0.1) is 0 Å². The molecule has 5 rings (SSSR count). The molecule has 0 radical (unpaired) electrons. The van der Waals surface area contributed by atoms with E-state index >= 15 is 0 Å². The molecular formula is C28H31ClN4O7. The molecule has 212 valence electrons. The van der Waals surface area contributed by atoms with Crippen LogP contribution in [0.5, 0.6) is 0 Å². The first kappa shape index (κ1) is 27.7. The molecule has 2 saturated heterocycles. The molecule has 3 aliphatic heterocycles. The molecule has 4 N–H and O–H groups in total. The number of anilines is 2. The number of carbonyl (C=O) groups is 4. The molecule has 2 aromatic rings. The normalized spacial score (nSPS) is 21.5. The van der Waals surface area contributed by atoms with Crippen LogP contribution in [0.2, 0.25) is 5.02 Å². The van der Waals surface area contributed by atoms with E-state index in [4.69, 9.17) is 26.2 Å². The molecule has 2 aromatic carbocycles. The van der Waals surface area contributed by atoms with Gasteiger partial charge >= 0.3 is 12.2 Å². The van der Waals surface area contributed by atoms with Gasteiger partial charge in [-0.25, -0.2) is 9.59 Å². The number of amides is 4. The van der Waals surface area contributed by atoms with Gasteiger partial charge in [-0.3, -0.25) is 20.2 Å². The number of benzene rings is 2. The Bertz CT molecular complexity index is 1300. The number of carboxylic acid groups (broad SMARTS) is 1. The maximum absolute atomic E-state index is 14.0. The summed E-state index contributed by atoms with van der Waals surface area (Å²) in [5.41, 5.74) is 0.901. The van der Waals surface area contributed by atoms with Crippen LogP contribution in [0.25, 0.3) is 0 Å². The van der Waals surface area contributed by atoms with Crippen LogP contribution in [0.4, 0.5) is 21.0 Å². The maximum Gasteiger partial charge on any atom is 0.412 e. The number of ether oxygens (including phenoxy) is 2. The number of fused-ring (bicyclic) bond motifs is 2. The smallest absolute Gasteiger partial charge is 0.412 e. The molecule has 0 unspecified atom stereocenters. The monoisotopic (exact) mass is 570 g/mol. The summed E-state index contributed by atoms with van der Waals surface area (Å²) in [6, 6.07) is 10.3. The van der Waals surface area contributed by atoms with E-state index in [1.54, 1.807) is 23.1 Å². The zero-order chi connectivity index (χ0) is 28.3. The fraction of sp³-hybridized carbons (Fsp3) is 0.429. The predicted molar refractivity (Wildman–Crippen MR) is 147 cm³/mol. The summed E-state index contributed by atoms with van der Waals surface area (Å²) in [6.07, 6.45) is 1.36. The van der Waals surface area contributed by atoms with Gasteiger partial charge in [0.2, 0.25) is 5.91 Å². The maximum atomic E-state index is 14.0. The van der Waals surface area contributed by atoms with Crippen LogP contribution in [-0.2, 0) is 19.9 Å². The summed E-state index contributed by atoms with van der Waals surface area (Å²) in [7, 11) is 0. The Morgan fingerprint density at radius 1 is 1.15 bits per heavy atom. The van der Waals surface area contributed by atoms with Gasteiger partial charge in [0.1, 0.15) is 6.04 Å². The summed E-state index contributed by atoms with van der Waals surface area (Å²) in [4.78, 5) is 52.3. The second-order valence-corrected chi connectivity index (χ2v) is 10.8. The lowest BCUT2D eigenvalue weighted by Gasteiger charge is -2.46. The van der Waals surface area contributed by atoms with E-state index in [-0.39, 0.29) is 18.4 Å². The van der Waals surface area contributed by atoms with Gasteiger partial charge in [-0.1, -0.05) is 11.6 Å². The minimum Gasteiger partial charge on any atom is -0.465 e. The summed E-state index contributed by atoms with van der Waals surface area (Å²) in [5.74, 6) is -0.495. The highest BCUT2D eigenvalue weighted by molar-refractivity contribution is 6.30. The lowest BCUT2D eigenvalue weighted by atomic mass is 9.83. The number of likely N-dealkylation sites (tertiary alicyclic amines) is 1. The first-order valence-electron chi connectivity index (χ1n) is 13.3. The molecule has 40 heavy (non-hydrogen) atoms. The van der Waals surface area contributed by atoms with Gasteiger partial charge in [0, 0.05) is 41.6 Å². The number of nitrogens with one attached hydrogen (secondary N) is 3. The minimum atomic E-state index is -1.21. The van der Waals surface area contributed by atoms with Gasteiger partial charge in [0.05, 0.1) is 12.2 Å². The van der Waals surface area contributed by atoms with Crippen LogP contribution >= 0.6 is 11.6 Å². The zero-order valence-corrected chi connectivity index (χ0v) is 22.5. The number of halogens is 1. The van der Waals surface area contributed by atoms with E-state index in [2.05, 4.69) is 16.0 Å². The van der Waals surface area contributed by atoms with Crippen molar-refractivity contribution in [3.05, 3.63) is 58.6 Å². The average Bonchev–Trinajstić information content (AvgIpc) is 2.93. The highest BCUT2D eigenvalue weighted by atomic mass is 35.5. The Hall–Kier alpha value is -3.83. The van der Waals surface area contributed by atoms with Crippen LogP contribution in [0.3, 0.4) is 0 Å². The topological polar surface area (TPSA) is 146 Å². The van der Waals surface area contributed by atoms with E-state index in [1.807, 2.05) is 0 Å². The van der Waals surface area contributed by atoms with Crippen LogP contribution < -0.4 is 16.0 Å². The third-order valence-corrected chi connectivity index (χ3v) is 7.91. The number of piperidine rings is 1.